The van der Waals surface area contributed by atoms with Gasteiger partial charge in [0.25, 0.3) is 5.56 Å². The number of aliphatic carboxylic acids is 2. The van der Waals surface area contributed by atoms with Gasteiger partial charge >= 0.3 is 23.3 Å². The number of carbonyl (C=O) groups excluding carboxylic acids is 2. The first-order valence-corrected chi connectivity index (χ1v) is 12.9. The smallest absolute Gasteiger partial charge is 0.327 e. The van der Waals surface area contributed by atoms with Gasteiger partial charge < -0.3 is 57.2 Å². The van der Waals surface area contributed by atoms with E-state index in [9.17, 15) is 33.6 Å². The number of aromatic amines is 4. The lowest BCUT2D eigenvalue weighted by molar-refractivity contribution is -0.139. The molecular formula is C21H35N7O15S. The standard InChI is InChI=1S/C10H17N3O6S.C6H14O6.C5H4N4O3/c11-5(10(18)19)1-2-7(14)13-6(4-20)9(17)12-3-8(15)16;7-1-3(9)5(11)6(12)4(10)2-8;10-3-1-2(7-4(11)6-1)8-5(12)9-3/h5-6,20H,1-4,11H2,(H,12,17)(H,13,14)(H,15,16)(H,18,19);3-12H,1-2H2;(H4,6,7,8,9,10,11,12). The number of carboxylic acid groups (broad SMARTS) is 2. The summed E-state index contributed by atoms with van der Waals surface area (Å²) in [6.45, 7) is -2.02. The number of hydrogen-bond acceptors (Lipinski definition) is 15. The number of fused-ring (bicyclic) bond motifs is 1. The number of amides is 2. The number of aliphatic hydroxyl groups excluding tert-OH is 6. The van der Waals surface area contributed by atoms with Crippen LogP contribution < -0.4 is 33.3 Å². The Labute approximate surface area is 250 Å². The molecule has 0 spiro atoms. The second kappa shape index (κ2) is 20.0. The highest BCUT2D eigenvalue weighted by Crippen LogP contribution is 2.04. The van der Waals surface area contributed by atoms with Gasteiger partial charge in [-0.3, -0.25) is 43.9 Å². The average molecular weight is 658 g/mol. The number of hydrogen-bond donors (Lipinski definition) is 16. The third kappa shape index (κ3) is 14.4. The van der Waals surface area contributed by atoms with E-state index >= 15 is 0 Å². The summed E-state index contributed by atoms with van der Waals surface area (Å²) in [5, 5.41) is 73.5. The highest BCUT2D eigenvalue weighted by atomic mass is 32.1. The first kappa shape index (κ1) is 39.9. The minimum Gasteiger partial charge on any atom is -0.480 e. The van der Waals surface area contributed by atoms with Gasteiger partial charge in [-0.15, -0.1) is 0 Å². The summed E-state index contributed by atoms with van der Waals surface area (Å²) < 4.78 is 0. The van der Waals surface area contributed by atoms with Crippen molar-refractivity contribution in [2.45, 2.75) is 49.3 Å². The zero-order valence-corrected chi connectivity index (χ0v) is 23.6. The van der Waals surface area contributed by atoms with Gasteiger partial charge in [-0.1, -0.05) is 0 Å². The van der Waals surface area contributed by atoms with Crippen LogP contribution in [0, 0.1) is 0 Å². The molecule has 16 N–H and O–H groups in total. The Balaban J connectivity index is 0.000000663. The Morgan fingerprint density at radius 3 is 1.77 bits per heavy atom. The molecule has 0 saturated carbocycles. The van der Waals surface area contributed by atoms with Crippen LogP contribution >= 0.6 is 12.6 Å². The molecule has 0 bridgehead atoms. The molecule has 2 amide bonds. The second-order valence-electron chi connectivity index (χ2n) is 8.62. The zero-order valence-electron chi connectivity index (χ0n) is 22.7. The number of aromatic nitrogens is 4. The van der Waals surface area contributed by atoms with Crippen LogP contribution in [0.1, 0.15) is 12.8 Å². The predicted octanol–water partition coefficient (Wildman–Crippen LogP) is -7.56. The Morgan fingerprint density at radius 1 is 0.841 bits per heavy atom. The minimum absolute atomic E-state index is 0.0256. The molecule has 2 rings (SSSR count). The monoisotopic (exact) mass is 657 g/mol. The van der Waals surface area contributed by atoms with E-state index in [2.05, 4.69) is 38.2 Å². The van der Waals surface area contributed by atoms with Crippen molar-refractivity contribution in [3.8, 4) is 0 Å². The lowest BCUT2D eigenvalue weighted by Crippen LogP contribution is -2.49. The molecule has 250 valence electrons. The van der Waals surface area contributed by atoms with Crippen molar-refractivity contribution in [3.63, 3.8) is 0 Å². The fourth-order valence-electron chi connectivity index (χ4n) is 2.79. The summed E-state index contributed by atoms with van der Waals surface area (Å²) in [6.07, 6.45) is -6.63. The van der Waals surface area contributed by atoms with Crippen LogP contribution in [0.15, 0.2) is 14.4 Å². The molecule has 2 aromatic rings. The maximum absolute atomic E-state index is 11.5. The first-order chi connectivity index (χ1) is 20.5. The van der Waals surface area contributed by atoms with Gasteiger partial charge in [-0.25, -0.2) is 9.59 Å². The van der Waals surface area contributed by atoms with Gasteiger partial charge in [0.2, 0.25) is 11.8 Å². The van der Waals surface area contributed by atoms with Gasteiger partial charge in [0.05, 0.1) is 13.2 Å². The van der Waals surface area contributed by atoms with Crippen LogP contribution in [0.5, 0.6) is 0 Å². The van der Waals surface area contributed by atoms with Crippen LogP contribution in [-0.4, -0.2) is 147 Å². The van der Waals surface area contributed by atoms with Gasteiger partial charge in [-0.05, 0) is 6.42 Å². The fourth-order valence-corrected chi connectivity index (χ4v) is 3.04. The molecule has 6 unspecified atom stereocenters. The van der Waals surface area contributed by atoms with Crippen molar-refractivity contribution in [1.82, 2.24) is 30.6 Å². The highest BCUT2D eigenvalue weighted by Gasteiger charge is 2.29. The van der Waals surface area contributed by atoms with Crippen LogP contribution in [-0.2, 0) is 19.2 Å². The molecule has 0 saturated heterocycles. The maximum atomic E-state index is 11.5. The van der Waals surface area contributed by atoms with E-state index in [1.165, 1.54) is 0 Å². The van der Waals surface area contributed by atoms with E-state index in [0.29, 0.717) is 0 Å². The van der Waals surface area contributed by atoms with Gasteiger partial charge in [-0.2, -0.15) is 12.6 Å². The van der Waals surface area contributed by atoms with Crippen molar-refractivity contribution in [3.05, 3.63) is 31.3 Å². The number of carboxylic acids is 2. The SMILES string of the molecule is NC(CCC(=O)NC(CS)C(=O)NCC(=O)O)C(=O)O.O=c1[nH]c(=O)c2[nH]c(=O)[nH]c2[nH]1.OCC(O)C(O)C(O)C(O)CO. The highest BCUT2D eigenvalue weighted by molar-refractivity contribution is 7.80. The van der Waals surface area contributed by atoms with Crippen molar-refractivity contribution < 1.29 is 60.0 Å². The average Bonchev–Trinajstić information content (AvgIpc) is 3.36. The number of H-pyrrole nitrogens is 4. The van der Waals surface area contributed by atoms with Gasteiger partial charge in [0.15, 0.2) is 0 Å². The number of nitrogens with one attached hydrogen (secondary N) is 6. The van der Waals surface area contributed by atoms with Crippen LogP contribution in [0.25, 0.3) is 11.2 Å². The van der Waals surface area contributed by atoms with Crippen LogP contribution in [0.3, 0.4) is 0 Å². The van der Waals surface area contributed by atoms with Crippen molar-refractivity contribution in [1.29, 1.82) is 0 Å². The Morgan fingerprint density at radius 2 is 1.34 bits per heavy atom. The third-order valence-corrected chi connectivity index (χ3v) is 5.55. The number of nitrogens with two attached hydrogens (primary N) is 1. The first-order valence-electron chi connectivity index (χ1n) is 12.3. The van der Waals surface area contributed by atoms with E-state index in [0.717, 1.165) is 0 Å². The van der Waals surface area contributed by atoms with E-state index in [4.69, 9.17) is 46.6 Å². The number of imidazole rings is 1. The molecule has 0 aliphatic rings. The van der Waals surface area contributed by atoms with Gasteiger partial charge in [0, 0.05) is 12.2 Å². The summed E-state index contributed by atoms with van der Waals surface area (Å²) in [5.41, 5.74) is 3.58. The fraction of sp³-hybridized carbons (Fsp3) is 0.571. The lowest BCUT2D eigenvalue weighted by Gasteiger charge is -2.24. The lowest BCUT2D eigenvalue weighted by atomic mass is 10.0. The molecule has 0 aliphatic heterocycles. The largest absolute Gasteiger partial charge is 0.480 e. The molecule has 2 heterocycles. The molecule has 2 aromatic heterocycles. The third-order valence-electron chi connectivity index (χ3n) is 5.18. The normalized spacial score (nSPS) is 14.7. The maximum Gasteiger partial charge on any atom is 0.327 e. The molecule has 44 heavy (non-hydrogen) atoms. The number of carbonyl (C=O) groups is 4. The molecule has 23 heteroatoms. The molecule has 0 aliphatic carbocycles. The number of rotatable bonds is 14. The topological polar surface area (TPSA) is 395 Å². The predicted molar refractivity (Wildman–Crippen MR) is 150 cm³/mol. The number of thiol groups is 1. The van der Waals surface area contributed by atoms with Crippen molar-refractivity contribution in [2.24, 2.45) is 5.73 Å². The summed E-state index contributed by atoms with van der Waals surface area (Å²) in [6, 6.07) is -2.15. The van der Waals surface area contributed by atoms with Crippen LogP contribution in [0.4, 0.5) is 0 Å². The molecule has 6 atom stereocenters. The summed E-state index contributed by atoms with van der Waals surface area (Å²) in [4.78, 5) is 84.7. The molecular weight excluding hydrogens is 622 g/mol. The second-order valence-corrected chi connectivity index (χ2v) is 8.98. The summed E-state index contributed by atoms with van der Waals surface area (Å²) >= 11 is 3.87. The Bertz CT molecular complexity index is 1380. The summed E-state index contributed by atoms with van der Waals surface area (Å²) in [5.74, 6) is -3.70. The van der Waals surface area contributed by atoms with E-state index in [1.54, 1.807) is 0 Å². The summed E-state index contributed by atoms with van der Waals surface area (Å²) in [7, 11) is 0. The van der Waals surface area contributed by atoms with E-state index in [1.807, 2.05) is 4.98 Å². The molecule has 0 fully saturated rings. The Hall–Kier alpha value is -4.10. The van der Waals surface area contributed by atoms with E-state index in [-0.39, 0.29) is 29.8 Å². The van der Waals surface area contributed by atoms with Crippen molar-refractivity contribution >= 4 is 47.5 Å². The minimum atomic E-state index is -1.67. The Kier molecular flexibility index (Phi) is 18.1. The van der Waals surface area contributed by atoms with E-state index < -0.39 is 96.9 Å². The van der Waals surface area contributed by atoms with Crippen molar-refractivity contribution in [2.75, 3.05) is 25.5 Å². The molecule has 0 radical (unpaired) electrons. The molecule has 22 nitrogen and oxygen atoms in total. The van der Waals surface area contributed by atoms with Gasteiger partial charge in [0.1, 0.15) is 54.2 Å². The number of aliphatic hydroxyl groups is 6. The molecule has 0 aromatic carbocycles. The quantitative estimate of drug-likeness (QED) is 0.0838. The zero-order chi connectivity index (χ0) is 34.1. The van der Waals surface area contributed by atoms with Crippen LogP contribution in [0.2, 0.25) is 0 Å².